The molecule has 2 atom stereocenters. The van der Waals surface area contributed by atoms with Crippen LogP contribution in [-0.4, -0.2) is 65.2 Å². The number of nitrogens with zero attached hydrogens (tertiary/aromatic N) is 2. The van der Waals surface area contributed by atoms with E-state index in [9.17, 15) is 9.59 Å². The molecule has 2 aliphatic rings. The fourth-order valence-electron chi connectivity index (χ4n) is 3.10. The number of carboxylic acids is 1. The van der Waals surface area contributed by atoms with Gasteiger partial charge in [0.2, 0.25) is 0 Å². The van der Waals surface area contributed by atoms with Crippen LogP contribution in [0.5, 0.6) is 0 Å². The number of urea groups is 1. The van der Waals surface area contributed by atoms with Crippen molar-refractivity contribution in [2.45, 2.75) is 45.2 Å². The Hall–Kier alpha value is -1.30. The van der Waals surface area contributed by atoms with Gasteiger partial charge in [-0.2, -0.15) is 0 Å². The van der Waals surface area contributed by atoms with Crippen molar-refractivity contribution in [1.29, 1.82) is 0 Å². The second-order valence-electron chi connectivity index (χ2n) is 6.12. The first-order chi connectivity index (χ1) is 9.49. The van der Waals surface area contributed by atoms with Crippen LogP contribution in [0.4, 0.5) is 4.79 Å². The van der Waals surface area contributed by atoms with Crippen LogP contribution in [0, 0.1) is 5.92 Å². The summed E-state index contributed by atoms with van der Waals surface area (Å²) in [6.07, 6.45) is 2.43. The Balaban J connectivity index is 1.77. The van der Waals surface area contributed by atoms with Gasteiger partial charge in [-0.1, -0.05) is 0 Å². The predicted molar refractivity (Wildman–Crippen MR) is 75.6 cm³/mol. The summed E-state index contributed by atoms with van der Waals surface area (Å²) in [4.78, 5) is 27.0. The maximum atomic E-state index is 12.1. The van der Waals surface area contributed by atoms with Gasteiger partial charge in [-0.15, -0.1) is 0 Å². The molecule has 6 heteroatoms. The van der Waals surface area contributed by atoms with Gasteiger partial charge in [0.1, 0.15) is 6.04 Å². The smallest absolute Gasteiger partial charge is 0.326 e. The van der Waals surface area contributed by atoms with E-state index in [2.05, 4.69) is 24.1 Å². The van der Waals surface area contributed by atoms with E-state index < -0.39 is 12.0 Å². The minimum absolute atomic E-state index is 0.224. The van der Waals surface area contributed by atoms with Crippen LogP contribution >= 0.6 is 0 Å². The molecule has 0 radical (unpaired) electrons. The summed E-state index contributed by atoms with van der Waals surface area (Å²) in [5.74, 6) is -0.420. The van der Waals surface area contributed by atoms with Crippen molar-refractivity contribution < 1.29 is 14.7 Å². The van der Waals surface area contributed by atoms with Gasteiger partial charge in [0.15, 0.2) is 0 Å². The lowest BCUT2D eigenvalue weighted by atomic mass is 10.1. The molecule has 2 N–H and O–H groups in total. The molecule has 2 unspecified atom stereocenters. The molecule has 0 spiro atoms. The van der Waals surface area contributed by atoms with E-state index in [-0.39, 0.29) is 6.03 Å². The van der Waals surface area contributed by atoms with Gasteiger partial charge in [0.25, 0.3) is 0 Å². The summed E-state index contributed by atoms with van der Waals surface area (Å²) >= 11 is 0. The van der Waals surface area contributed by atoms with E-state index in [0.717, 1.165) is 25.9 Å². The first-order valence-corrected chi connectivity index (χ1v) is 7.50. The summed E-state index contributed by atoms with van der Waals surface area (Å²) < 4.78 is 0. The minimum Gasteiger partial charge on any atom is -0.480 e. The average molecular weight is 283 g/mol. The van der Waals surface area contributed by atoms with Gasteiger partial charge >= 0.3 is 12.0 Å². The number of rotatable bonds is 4. The molecule has 2 fully saturated rings. The summed E-state index contributed by atoms with van der Waals surface area (Å²) in [5, 5.41) is 12.0. The molecule has 6 nitrogen and oxygen atoms in total. The normalized spacial score (nSPS) is 27.2. The van der Waals surface area contributed by atoms with Gasteiger partial charge in [-0.05, 0) is 45.6 Å². The second kappa shape index (κ2) is 6.43. The van der Waals surface area contributed by atoms with Gasteiger partial charge in [0.05, 0.1) is 0 Å². The molecule has 0 bridgehead atoms. The average Bonchev–Trinajstić information content (AvgIpc) is 3.04. The van der Waals surface area contributed by atoms with Crippen LogP contribution in [0.25, 0.3) is 0 Å². The van der Waals surface area contributed by atoms with Crippen molar-refractivity contribution >= 4 is 12.0 Å². The zero-order chi connectivity index (χ0) is 14.7. The van der Waals surface area contributed by atoms with Crippen molar-refractivity contribution in [1.82, 2.24) is 15.1 Å². The van der Waals surface area contributed by atoms with Crippen LogP contribution in [0.1, 0.15) is 33.1 Å². The molecule has 0 aromatic rings. The highest BCUT2D eigenvalue weighted by Crippen LogP contribution is 2.19. The fraction of sp³-hybridized carbons (Fsp3) is 0.857. The Morgan fingerprint density at radius 3 is 2.65 bits per heavy atom. The standard InChI is InChI=1S/C14H25N3O3/c1-10(2)16-7-5-11(9-16)8-15-14(20)17-6-3-4-12(17)13(18)19/h10-12H,3-9H2,1-2H3,(H,15,20)(H,18,19). The van der Waals surface area contributed by atoms with Gasteiger partial charge in [-0.3, -0.25) is 0 Å². The quantitative estimate of drug-likeness (QED) is 0.806. The van der Waals surface area contributed by atoms with Gasteiger partial charge < -0.3 is 20.2 Å². The van der Waals surface area contributed by atoms with E-state index in [4.69, 9.17) is 5.11 Å². The molecular formula is C14H25N3O3. The lowest BCUT2D eigenvalue weighted by Gasteiger charge is -2.23. The Morgan fingerprint density at radius 1 is 1.30 bits per heavy atom. The summed E-state index contributed by atoms with van der Waals surface area (Å²) in [7, 11) is 0. The highest BCUT2D eigenvalue weighted by atomic mass is 16.4. The Labute approximate surface area is 120 Å². The lowest BCUT2D eigenvalue weighted by molar-refractivity contribution is -0.141. The second-order valence-corrected chi connectivity index (χ2v) is 6.12. The van der Waals surface area contributed by atoms with Crippen molar-refractivity contribution in [3.63, 3.8) is 0 Å². The number of carboxylic acid groups (broad SMARTS) is 1. The molecule has 2 amide bonds. The Kier molecular flexibility index (Phi) is 4.86. The first-order valence-electron chi connectivity index (χ1n) is 7.50. The molecule has 20 heavy (non-hydrogen) atoms. The van der Waals surface area contributed by atoms with Crippen molar-refractivity contribution in [2.24, 2.45) is 5.92 Å². The predicted octanol–water partition coefficient (Wildman–Crippen LogP) is 0.975. The molecule has 0 aromatic heterocycles. The third kappa shape index (κ3) is 3.42. The molecule has 114 valence electrons. The summed E-state index contributed by atoms with van der Waals surface area (Å²) in [6.45, 7) is 7.65. The molecule has 0 aromatic carbocycles. The van der Waals surface area contributed by atoms with E-state index in [1.807, 2.05) is 0 Å². The largest absolute Gasteiger partial charge is 0.480 e. The van der Waals surface area contributed by atoms with E-state index in [0.29, 0.717) is 31.5 Å². The summed E-state index contributed by atoms with van der Waals surface area (Å²) in [6, 6.07) is -0.325. The number of carbonyl (C=O) groups is 2. The Bertz CT molecular complexity index is 373. The number of nitrogens with one attached hydrogen (secondary N) is 1. The molecule has 2 rings (SSSR count). The molecule has 2 heterocycles. The first kappa shape index (κ1) is 15.1. The van der Waals surface area contributed by atoms with Crippen LogP contribution in [0.2, 0.25) is 0 Å². The molecular weight excluding hydrogens is 258 g/mol. The van der Waals surface area contributed by atoms with Gasteiger partial charge in [0, 0.05) is 25.7 Å². The van der Waals surface area contributed by atoms with E-state index in [1.54, 1.807) is 0 Å². The van der Waals surface area contributed by atoms with Gasteiger partial charge in [-0.25, -0.2) is 9.59 Å². The number of likely N-dealkylation sites (tertiary alicyclic amines) is 2. The lowest BCUT2D eigenvalue weighted by Crippen LogP contribution is -2.47. The number of amides is 2. The highest BCUT2D eigenvalue weighted by molar-refractivity contribution is 5.83. The topological polar surface area (TPSA) is 72.9 Å². The number of carbonyl (C=O) groups excluding carboxylic acids is 1. The molecule has 0 saturated carbocycles. The van der Waals surface area contributed by atoms with Crippen LogP contribution < -0.4 is 5.32 Å². The third-order valence-corrected chi connectivity index (χ3v) is 4.39. The molecule has 2 saturated heterocycles. The maximum Gasteiger partial charge on any atom is 0.326 e. The van der Waals surface area contributed by atoms with Crippen LogP contribution in [0.3, 0.4) is 0 Å². The Morgan fingerprint density at radius 2 is 2.05 bits per heavy atom. The van der Waals surface area contributed by atoms with Crippen LogP contribution in [-0.2, 0) is 4.79 Å². The van der Waals surface area contributed by atoms with Crippen molar-refractivity contribution in [2.75, 3.05) is 26.2 Å². The number of aliphatic carboxylic acids is 1. The van der Waals surface area contributed by atoms with Crippen molar-refractivity contribution in [3.05, 3.63) is 0 Å². The number of hydrogen-bond donors (Lipinski definition) is 2. The SMILES string of the molecule is CC(C)N1CCC(CNC(=O)N2CCCC2C(=O)O)C1. The highest BCUT2D eigenvalue weighted by Gasteiger charge is 2.34. The molecule has 0 aliphatic carbocycles. The summed E-state index contributed by atoms with van der Waals surface area (Å²) in [5.41, 5.74) is 0. The fourth-order valence-corrected chi connectivity index (χ4v) is 3.10. The van der Waals surface area contributed by atoms with E-state index >= 15 is 0 Å². The molecule has 2 aliphatic heterocycles. The number of hydrogen-bond acceptors (Lipinski definition) is 3. The monoisotopic (exact) mass is 283 g/mol. The zero-order valence-electron chi connectivity index (χ0n) is 12.3. The third-order valence-electron chi connectivity index (χ3n) is 4.39. The minimum atomic E-state index is -0.899. The maximum absolute atomic E-state index is 12.1. The van der Waals surface area contributed by atoms with Crippen LogP contribution in [0.15, 0.2) is 0 Å². The van der Waals surface area contributed by atoms with Crippen molar-refractivity contribution in [3.8, 4) is 0 Å². The zero-order valence-corrected chi connectivity index (χ0v) is 12.3. The van der Waals surface area contributed by atoms with E-state index in [1.165, 1.54) is 4.90 Å².